The van der Waals surface area contributed by atoms with Crippen molar-refractivity contribution in [3.05, 3.63) is 75.7 Å². The molecule has 1 unspecified atom stereocenters. The van der Waals surface area contributed by atoms with Crippen molar-refractivity contribution in [2.45, 2.75) is 132 Å². The maximum atomic E-state index is 13.4. The van der Waals surface area contributed by atoms with Gasteiger partial charge in [0.15, 0.2) is 22.9 Å². The fourth-order valence-electron chi connectivity index (χ4n) is 10.3. The largest absolute Gasteiger partial charge is 0.407 e. The van der Waals surface area contributed by atoms with E-state index in [2.05, 4.69) is 97.0 Å². The van der Waals surface area contributed by atoms with Gasteiger partial charge in [0.25, 0.3) is 8.32 Å². The number of aromatic nitrogens is 5. The molecule has 0 radical (unpaired) electrons. The summed E-state index contributed by atoms with van der Waals surface area (Å²) in [7, 11) is -7.35. The molecule has 314 valence electrons. The standard InChI is InChI=1S/C43H53IN6O6S2Si/c1-28(49-40-35(38(44)47-49)41(57-5)46-39(45-40)36-32-21-14-26-43(37(32)56-48-36)25-13-12-22-34(43)51)33-24-23-29(50(33)58(52,53)54)16-15-27-55-59(42(2,3)4,30-17-8-6-9-18-30)31-19-10-7-11-20-31/h6-11,17-20,28-29,33H,12-16,21-27H2,1-5H3,(H,52,53,54)/t28-,29?,33-,43+/m0/s1. The molecule has 16 heteroatoms. The maximum absolute atomic E-state index is 13.4. The Morgan fingerprint density at radius 3 is 2.32 bits per heavy atom. The molecule has 1 N–H and O–H groups in total. The smallest absolute Gasteiger partial charge is 0.336 e. The van der Waals surface area contributed by atoms with Gasteiger partial charge in [0.2, 0.25) is 0 Å². The summed E-state index contributed by atoms with van der Waals surface area (Å²) in [5.41, 5.74) is 1.39. The number of fused-ring (bicyclic) bond motifs is 3. The first-order valence-corrected chi connectivity index (χ1v) is 26.4. The Morgan fingerprint density at radius 1 is 1.02 bits per heavy atom. The van der Waals surface area contributed by atoms with E-state index in [1.54, 1.807) is 4.68 Å². The van der Waals surface area contributed by atoms with Gasteiger partial charge in [0.05, 0.1) is 16.8 Å². The molecule has 0 amide bonds. The highest BCUT2D eigenvalue weighted by Crippen LogP contribution is 2.48. The molecule has 1 saturated carbocycles. The summed E-state index contributed by atoms with van der Waals surface area (Å²) in [6.07, 6.45) is 9.80. The SMILES string of the molecule is CSc1nc(-c2noc3c2CCC[C@@]32CCCCC2=O)nc2c1c(I)nn2[C@@H](C)[C@@H]1CCC(CCCO[Si](c2ccccc2)(c2ccccc2)C(C)(C)C)N1S(=O)(=O)O. The number of halogens is 1. The van der Waals surface area contributed by atoms with Crippen molar-refractivity contribution in [3.8, 4) is 11.5 Å². The van der Waals surface area contributed by atoms with Gasteiger partial charge in [-0.2, -0.15) is 17.8 Å². The molecule has 1 aliphatic heterocycles. The minimum atomic E-state index is -4.59. The number of carbonyl (C=O) groups is 1. The molecule has 4 atom stereocenters. The van der Waals surface area contributed by atoms with Crippen LogP contribution in [-0.4, -0.2) is 81.2 Å². The summed E-state index contributed by atoms with van der Waals surface area (Å²) < 4.78 is 54.4. The Labute approximate surface area is 365 Å². The van der Waals surface area contributed by atoms with Crippen molar-refractivity contribution in [1.29, 1.82) is 0 Å². The predicted octanol–water partition coefficient (Wildman–Crippen LogP) is 8.08. The lowest BCUT2D eigenvalue weighted by Gasteiger charge is -2.43. The zero-order valence-corrected chi connectivity index (χ0v) is 39.1. The molecule has 8 rings (SSSR count). The van der Waals surface area contributed by atoms with Gasteiger partial charge in [-0.1, -0.05) is 93.0 Å². The first-order valence-electron chi connectivity index (χ1n) is 20.7. The number of rotatable bonds is 12. The minimum absolute atomic E-state index is 0.183. The zero-order valence-electron chi connectivity index (χ0n) is 34.4. The van der Waals surface area contributed by atoms with E-state index < -0.39 is 42.2 Å². The third-order valence-electron chi connectivity index (χ3n) is 13.0. The number of ketones is 1. The first-order chi connectivity index (χ1) is 28.2. The van der Waals surface area contributed by atoms with Crippen LogP contribution < -0.4 is 10.4 Å². The summed E-state index contributed by atoms with van der Waals surface area (Å²) >= 11 is 3.67. The maximum Gasteiger partial charge on any atom is 0.336 e. The Kier molecular flexibility index (Phi) is 12.1. The van der Waals surface area contributed by atoms with Gasteiger partial charge < -0.3 is 8.95 Å². The summed E-state index contributed by atoms with van der Waals surface area (Å²) in [5, 5.41) is 13.2. The molecule has 3 aliphatic rings. The molecule has 2 fully saturated rings. The Hall–Kier alpha value is -3.00. The van der Waals surface area contributed by atoms with Crippen LogP contribution in [0, 0.1) is 3.70 Å². The second-order valence-electron chi connectivity index (χ2n) is 17.4. The lowest BCUT2D eigenvalue weighted by molar-refractivity contribution is -0.128. The number of hydrogen-bond acceptors (Lipinski definition) is 10. The van der Waals surface area contributed by atoms with Crippen LogP contribution in [0.2, 0.25) is 5.04 Å². The molecule has 1 spiro atoms. The average molecular weight is 969 g/mol. The van der Waals surface area contributed by atoms with E-state index in [-0.39, 0.29) is 10.8 Å². The van der Waals surface area contributed by atoms with Crippen LogP contribution in [0.25, 0.3) is 22.6 Å². The van der Waals surface area contributed by atoms with Crippen LogP contribution in [0.4, 0.5) is 0 Å². The van der Waals surface area contributed by atoms with Crippen LogP contribution in [0.5, 0.6) is 0 Å². The molecule has 2 aromatic carbocycles. The molecule has 0 bridgehead atoms. The van der Waals surface area contributed by atoms with Gasteiger partial charge in [-0.05, 0) is 109 Å². The third-order valence-corrected chi connectivity index (χ3v) is 20.6. The molecule has 2 aliphatic carbocycles. The van der Waals surface area contributed by atoms with Crippen LogP contribution in [0.3, 0.4) is 0 Å². The first kappa shape index (κ1) is 42.7. The van der Waals surface area contributed by atoms with E-state index in [9.17, 15) is 17.8 Å². The molecule has 5 aromatic rings. The third kappa shape index (κ3) is 7.55. The van der Waals surface area contributed by atoms with Crippen molar-refractivity contribution in [2.24, 2.45) is 0 Å². The highest BCUT2D eigenvalue weighted by atomic mass is 127. The van der Waals surface area contributed by atoms with Crippen molar-refractivity contribution in [1.82, 2.24) is 29.2 Å². The van der Waals surface area contributed by atoms with Crippen LogP contribution in [0.15, 0.2) is 70.2 Å². The summed E-state index contributed by atoms with van der Waals surface area (Å²) in [6, 6.07) is 19.5. The number of Topliss-reactive ketones (excluding diaryl/α,β-unsaturated/α-hetero) is 1. The average Bonchev–Trinajstić information content (AvgIpc) is 3.95. The Balaban J connectivity index is 1.07. The molecular formula is C43H53IN6O6S2Si. The molecule has 4 heterocycles. The second kappa shape index (κ2) is 16.7. The Bertz CT molecular complexity index is 2400. The number of thioether (sulfide) groups is 1. The van der Waals surface area contributed by atoms with Gasteiger partial charge >= 0.3 is 10.3 Å². The van der Waals surface area contributed by atoms with Crippen molar-refractivity contribution >= 4 is 80.2 Å². The summed E-state index contributed by atoms with van der Waals surface area (Å²) in [6.45, 7) is 9.12. The highest BCUT2D eigenvalue weighted by Gasteiger charge is 2.51. The predicted molar refractivity (Wildman–Crippen MR) is 241 cm³/mol. The highest BCUT2D eigenvalue weighted by molar-refractivity contribution is 14.1. The zero-order chi connectivity index (χ0) is 41.7. The number of hydrogen-bond donors (Lipinski definition) is 1. The number of benzene rings is 2. The molecule has 12 nitrogen and oxygen atoms in total. The van der Waals surface area contributed by atoms with Crippen LogP contribution >= 0.6 is 34.4 Å². The van der Waals surface area contributed by atoms with Gasteiger partial charge in [-0.3, -0.25) is 9.35 Å². The number of carbonyl (C=O) groups excluding carboxylic acids is 1. The minimum Gasteiger partial charge on any atom is -0.407 e. The summed E-state index contributed by atoms with van der Waals surface area (Å²) in [5.74, 6) is 1.31. The fourth-order valence-corrected chi connectivity index (χ4v) is 17.6. The van der Waals surface area contributed by atoms with E-state index in [1.807, 2.05) is 25.3 Å². The lowest BCUT2D eigenvalue weighted by atomic mass is 9.64. The molecule has 3 aromatic heterocycles. The van der Waals surface area contributed by atoms with E-state index in [0.29, 0.717) is 65.3 Å². The van der Waals surface area contributed by atoms with Crippen molar-refractivity contribution in [3.63, 3.8) is 0 Å². The Morgan fingerprint density at radius 2 is 1.69 bits per heavy atom. The van der Waals surface area contributed by atoms with E-state index >= 15 is 0 Å². The van der Waals surface area contributed by atoms with Crippen molar-refractivity contribution < 1.29 is 26.7 Å². The number of nitrogens with zero attached hydrogens (tertiary/aromatic N) is 6. The van der Waals surface area contributed by atoms with Gasteiger partial charge in [0.1, 0.15) is 14.5 Å². The molecule has 1 saturated heterocycles. The van der Waals surface area contributed by atoms with Gasteiger partial charge in [-0.25, -0.2) is 14.6 Å². The van der Waals surface area contributed by atoms with Crippen LogP contribution in [-0.2, 0) is 31.4 Å². The van der Waals surface area contributed by atoms with Gasteiger partial charge in [-0.15, -0.1) is 11.8 Å². The van der Waals surface area contributed by atoms with Crippen LogP contribution in [0.1, 0.15) is 109 Å². The van der Waals surface area contributed by atoms with Gasteiger partial charge in [0, 0.05) is 30.7 Å². The topological polar surface area (TPSA) is 154 Å². The fraction of sp³-hybridized carbons (Fsp3) is 0.512. The lowest BCUT2D eigenvalue weighted by Crippen LogP contribution is -2.66. The molecule has 59 heavy (non-hydrogen) atoms. The summed E-state index contributed by atoms with van der Waals surface area (Å²) in [4.78, 5) is 23.4. The monoisotopic (exact) mass is 968 g/mol. The molecular weight excluding hydrogens is 916 g/mol. The second-order valence-corrected chi connectivity index (χ2v) is 24.8. The van der Waals surface area contributed by atoms with E-state index in [0.717, 1.165) is 54.5 Å². The normalized spacial score (nSPS) is 22.3. The van der Waals surface area contributed by atoms with E-state index in [4.69, 9.17) is 24.0 Å². The van der Waals surface area contributed by atoms with Crippen molar-refractivity contribution in [2.75, 3.05) is 12.9 Å². The quantitative estimate of drug-likeness (QED) is 0.0323. The van der Waals surface area contributed by atoms with E-state index in [1.165, 1.54) is 26.4 Å².